The van der Waals surface area contributed by atoms with E-state index in [1.165, 1.54) is 5.57 Å². The molecule has 29 heavy (non-hydrogen) atoms. The molecule has 0 aromatic rings. The Balaban J connectivity index is 5.13. The van der Waals surface area contributed by atoms with Crippen molar-refractivity contribution in [3.05, 3.63) is 36.0 Å². The highest BCUT2D eigenvalue weighted by Crippen LogP contribution is 2.37. The minimum Gasteiger partial charge on any atom is -0.416 e. The Bertz CT molecular complexity index is 558. The van der Waals surface area contributed by atoms with Gasteiger partial charge in [-0.05, 0) is 67.5 Å². The zero-order chi connectivity index (χ0) is 22.9. The summed E-state index contributed by atoms with van der Waals surface area (Å²) in [5.41, 5.74) is 1.33. The van der Waals surface area contributed by atoms with Gasteiger partial charge in [-0.3, -0.25) is 0 Å². The zero-order valence-corrected chi connectivity index (χ0v) is 23.6. The summed E-state index contributed by atoms with van der Waals surface area (Å²) in [4.78, 5) is 0. The molecule has 0 spiro atoms. The predicted molar refractivity (Wildman–Crippen MR) is 137 cm³/mol. The maximum Gasteiger partial charge on any atom is 0.192 e. The molecule has 0 bridgehead atoms. The number of rotatable bonds is 11. The minimum absolute atomic E-state index is 0.239. The highest BCUT2D eigenvalue weighted by molar-refractivity contribution is 6.74. The van der Waals surface area contributed by atoms with Crippen molar-refractivity contribution < 1.29 is 8.85 Å². The van der Waals surface area contributed by atoms with Gasteiger partial charge in [-0.15, -0.1) is 0 Å². The molecule has 0 radical (unpaired) electrons. The lowest BCUT2D eigenvalue weighted by Crippen LogP contribution is -2.41. The van der Waals surface area contributed by atoms with Crippen LogP contribution in [0, 0.1) is 5.92 Å². The molecule has 0 aromatic heterocycles. The van der Waals surface area contributed by atoms with Gasteiger partial charge in [0.15, 0.2) is 16.6 Å². The number of hydrogen-bond donors (Lipinski definition) is 0. The van der Waals surface area contributed by atoms with Gasteiger partial charge >= 0.3 is 0 Å². The topological polar surface area (TPSA) is 18.5 Å². The molecule has 0 aliphatic heterocycles. The molecule has 2 nitrogen and oxygen atoms in total. The molecule has 0 saturated carbocycles. The lowest BCUT2D eigenvalue weighted by Gasteiger charge is -2.36. The van der Waals surface area contributed by atoms with Crippen LogP contribution in [-0.4, -0.2) is 29.8 Å². The molecule has 0 amide bonds. The van der Waals surface area contributed by atoms with Crippen molar-refractivity contribution in [1.29, 1.82) is 0 Å². The van der Waals surface area contributed by atoms with E-state index in [1.807, 2.05) is 0 Å². The number of allylic oxidation sites excluding steroid dienone is 4. The highest BCUT2D eigenvalue weighted by atomic mass is 28.4. The van der Waals surface area contributed by atoms with E-state index in [0.717, 1.165) is 19.4 Å². The first-order valence-electron chi connectivity index (χ1n) is 11.3. The summed E-state index contributed by atoms with van der Waals surface area (Å²) in [6, 6.07) is 0. The van der Waals surface area contributed by atoms with Gasteiger partial charge < -0.3 is 8.85 Å². The second-order valence-corrected chi connectivity index (χ2v) is 21.0. The molecule has 0 aromatic carbocycles. The van der Waals surface area contributed by atoms with Crippen LogP contribution in [0.4, 0.5) is 0 Å². The molecule has 0 saturated heterocycles. The normalized spacial score (nSPS) is 16.2. The fraction of sp³-hybridized carbons (Fsp3) is 0.760. The fourth-order valence-corrected chi connectivity index (χ4v) is 4.16. The first-order valence-corrected chi connectivity index (χ1v) is 17.1. The molecular formula is C25H50O2Si2. The van der Waals surface area contributed by atoms with Crippen molar-refractivity contribution in [3.8, 4) is 0 Å². The maximum atomic E-state index is 6.42. The summed E-state index contributed by atoms with van der Waals surface area (Å²) >= 11 is 0. The van der Waals surface area contributed by atoms with Gasteiger partial charge in [-0.1, -0.05) is 78.8 Å². The van der Waals surface area contributed by atoms with Gasteiger partial charge in [0, 0.05) is 6.61 Å². The van der Waals surface area contributed by atoms with Crippen molar-refractivity contribution in [1.82, 2.24) is 0 Å². The summed E-state index contributed by atoms with van der Waals surface area (Å²) in [6.07, 6.45) is 13.3. The summed E-state index contributed by atoms with van der Waals surface area (Å²) in [5, 5.41) is 0.489. The monoisotopic (exact) mass is 438 g/mol. The smallest absolute Gasteiger partial charge is 0.192 e. The van der Waals surface area contributed by atoms with Crippen LogP contribution in [0.2, 0.25) is 36.3 Å². The van der Waals surface area contributed by atoms with Crippen molar-refractivity contribution in [2.75, 3.05) is 13.2 Å². The van der Waals surface area contributed by atoms with Crippen LogP contribution >= 0.6 is 0 Å². The predicted octanol–water partition coefficient (Wildman–Crippen LogP) is 8.51. The Morgan fingerprint density at radius 2 is 1.41 bits per heavy atom. The van der Waals surface area contributed by atoms with Gasteiger partial charge in [0.1, 0.15) is 0 Å². The Morgan fingerprint density at radius 3 is 1.90 bits per heavy atom. The van der Waals surface area contributed by atoms with Crippen molar-refractivity contribution in [2.24, 2.45) is 5.92 Å². The molecule has 0 unspecified atom stereocenters. The van der Waals surface area contributed by atoms with Crippen LogP contribution in [0.3, 0.4) is 0 Å². The molecular weight excluding hydrogens is 388 g/mol. The third kappa shape index (κ3) is 11.0. The van der Waals surface area contributed by atoms with Gasteiger partial charge in [0.05, 0.1) is 6.61 Å². The van der Waals surface area contributed by atoms with E-state index >= 15 is 0 Å². The van der Waals surface area contributed by atoms with Gasteiger partial charge in [-0.25, -0.2) is 0 Å². The zero-order valence-electron chi connectivity index (χ0n) is 21.6. The first-order chi connectivity index (χ1) is 13.0. The molecule has 0 aliphatic carbocycles. The van der Waals surface area contributed by atoms with E-state index < -0.39 is 16.6 Å². The van der Waals surface area contributed by atoms with Crippen LogP contribution in [0.25, 0.3) is 0 Å². The van der Waals surface area contributed by atoms with Gasteiger partial charge in [0.25, 0.3) is 0 Å². The molecule has 0 N–H and O–H groups in total. The number of hydrogen-bond acceptors (Lipinski definition) is 2. The second kappa shape index (κ2) is 11.8. The molecule has 0 rings (SSSR count). The van der Waals surface area contributed by atoms with Gasteiger partial charge in [-0.2, -0.15) is 0 Å². The van der Waals surface area contributed by atoms with Gasteiger partial charge in [0.2, 0.25) is 0 Å². The first kappa shape index (κ1) is 28.6. The minimum atomic E-state index is -1.72. The molecule has 170 valence electrons. The van der Waals surface area contributed by atoms with Crippen LogP contribution < -0.4 is 0 Å². The Hall–Kier alpha value is -0.426. The Labute approximate surface area is 185 Å². The lowest BCUT2D eigenvalue weighted by atomic mass is 10.0. The quantitative estimate of drug-likeness (QED) is 0.183. The standard InChI is InChI=1S/C25H50O2Si2/c1-13-14-15-22(2)16-17-23(18-20-26-28(9,10)24(3,4)5)19-21-27-29(11,12)25(6,7)8/h13-14,16-18,22H,15,19-21H2,1-12H3/b14-13+,17-16+,23-18+/t22-/m0/s1. The van der Waals surface area contributed by atoms with Crippen LogP contribution in [0.5, 0.6) is 0 Å². The van der Waals surface area contributed by atoms with Crippen LogP contribution in [0.15, 0.2) is 36.0 Å². The fourth-order valence-electron chi connectivity index (χ4n) is 2.18. The summed E-state index contributed by atoms with van der Waals surface area (Å²) in [5.74, 6) is 0.539. The van der Waals surface area contributed by atoms with Crippen LogP contribution in [0.1, 0.15) is 68.2 Å². The Kier molecular flexibility index (Phi) is 11.7. The average molecular weight is 439 g/mol. The summed E-state index contributed by atoms with van der Waals surface area (Å²) in [7, 11) is -3.43. The summed E-state index contributed by atoms with van der Waals surface area (Å²) in [6.45, 7) is 28.9. The molecule has 0 aliphatic rings. The van der Waals surface area contributed by atoms with Crippen molar-refractivity contribution in [3.63, 3.8) is 0 Å². The maximum absolute atomic E-state index is 6.42. The van der Waals surface area contributed by atoms with E-state index in [2.05, 4.69) is 112 Å². The van der Waals surface area contributed by atoms with E-state index in [1.54, 1.807) is 0 Å². The van der Waals surface area contributed by atoms with E-state index in [4.69, 9.17) is 8.85 Å². The summed E-state index contributed by atoms with van der Waals surface area (Å²) < 4.78 is 12.8. The lowest BCUT2D eigenvalue weighted by molar-refractivity contribution is 0.291. The van der Waals surface area contributed by atoms with Crippen LogP contribution in [-0.2, 0) is 8.85 Å². The largest absolute Gasteiger partial charge is 0.416 e. The second-order valence-electron chi connectivity index (χ2n) is 11.4. The molecule has 1 atom stereocenters. The van der Waals surface area contributed by atoms with Crippen molar-refractivity contribution >= 4 is 16.6 Å². The third-order valence-corrected chi connectivity index (χ3v) is 15.7. The third-order valence-electron chi connectivity index (χ3n) is 6.64. The highest BCUT2D eigenvalue weighted by Gasteiger charge is 2.37. The van der Waals surface area contributed by atoms with E-state index in [-0.39, 0.29) is 10.1 Å². The van der Waals surface area contributed by atoms with E-state index in [9.17, 15) is 0 Å². The molecule has 0 heterocycles. The Morgan fingerprint density at radius 1 is 0.897 bits per heavy atom. The molecule has 4 heteroatoms. The average Bonchev–Trinajstić information content (AvgIpc) is 2.54. The SMILES string of the molecule is C/C=C/C[C@H](C)/C=C/C(=C\CO[Si](C)(C)C(C)(C)C)CCO[Si](C)(C)C(C)(C)C. The van der Waals surface area contributed by atoms with E-state index in [0.29, 0.717) is 12.5 Å². The molecule has 0 fully saturated rings. The van der Waals surface area contributed by atoms with Crippen molar-refractivity contribution in [2.45, 2.75) is 104 Å².